The van der Waals surface area contributed by atoms with Crippen LogP contribution in [0.2, 0.25) is 0 Å². The molecule has 41 heavy (non-hydrogen) atoms. The Morgan fingerprint density at radius 1 is 0.976 bits per heavy atom. The van der Waals surface area contributed by atoms with Gasteiger partial charge >= 0.3 is 11.9 Å². The SMILES string of the molecule is CCOC(=O)CCC=CC(C(O)CCc1ccc(OC(=O)c2ccccc2)c(OC)c1)S(=O)(=O)c1ccc(C)cc1. The first-order valence-electron chi connectivity index (χ1n) is 13.4. The summed E-state index contributed by atoms with van der Waals surface area (Å²) >= 11 is 0. The van der Waals surface area contributed by atoms with Crippen LogP contribution in [0.15, 0.2) is 89.8 Å². The summed E-state index contributed by atoms with van der Waals surface area (Å²) < 4.78 is 42.9. The number of esters is 2. The van der Waals surface area contributed by atoms with Crippen LogP contribution in [0.1, 0.15) is 47.7 Å². The summed E-state index contributed by atoms with van der Waals surface area (Å²) in [6.45, 7) is 3.85. The number of ether oxygens (including phenoxy) is 3. The number of carbonyl (C=O) groups is 2. The first kappa shape index (κ1) is 31.6. The van der Waals surface area contributed by atoms with Crippen molar-refractivity contribution in [3.8, 4) is 11.5 Å². The van der Waals surface area contributed by atoms with E-state index in [4.69, 9.17) is 14.2 Å². The lowest BCUT2D eigenvalue weighted by molar-refractivity contribution is -0.143. The maximum absolute atomic E-state index is 13.5. The Morgan fingerprint density at radius 3 is 2.34 bits per heavy atom. The molecule has 0 radical (unpaired) electrons. The normalized spacial score (nSPS) is 13.0. The van der Waals surface area contributed by atoms with E-state index in [2.05, 4.69) is 0 Å². The van der Waals surface area contributed by atoms with Gasteiger partial charge < -0.3 is 19.3 Å². The van der Waals surface area contributed by atoms with Crippen LogP contribution in [-0.4, -0.2) is 50.5 Å². The molecule has 3 aromatic rings. The topological polar surface area (TPSA) is 116 Å². The van der Waals surface area contributed by atoms with E-state index in [1.807, 2.05) is 6.92 Å². The fraction of sp³-hybridized carbons (Fsp3) is 0.312. The molecule has 2 atom stereocenters. The fourth-order valence-electron chi connectivity index (χ4n) is 4.15. The molecule has 1 N–H and O–H groups in total. The number of sulfone groups is 1. The second-order valence-corrected chi connectivity index (χ2v) is 11.5. The molecule has 0 aliphatic carbocycles. The van der Waals surface area contributed by atoms with E-state index < -0.39 is 27.2 Å². The third-order valence-corrected chi connectivity index (χ3v) is 8.52. The number of carbonyl (C=O) groups excluding carboxylic acids is 2. The first-order chi connectivity index (χ1) is 19.6. The van der Waals surface area contributed by atoms with Crippen molar-refractivity contribution in [3.63, 3.8) is 0 Å². The van der Waals surface area contributed by atoms with Crippen molar-refractivity contribution in [2.45, 2.75) is 55.8 Å². The van der Waals surface area contributed by atoms with Gasteiger partial charge in [0, 0.05) is 6.42 Å². The molecule has 0 heterocycles. The summed E-state index contributed by atoms with van der Waals surface area (Å²) in [5.74, 6) is -0.313. The van der Waals surface area contributed by atoms with Crippen LogP contribution in [-0.2, 0) is 25.8 Å². The molecular weight excluding hydrogens is 544 g/mol. The zero-order chi connectivity index (χ0) is 29.8. The van der Waals surface area contributed by atoms with Gasteiger partial charge in [0.25, 0.3) is 0 Å². The second kappa shape index (κ2) is 15.2. The Balaban J connectivity index is 1.75. The lowest BCUT2D eigenvalue weighted by atomic mass is 10.0. The van der Waals surface area contributed by atoms with Gasteiger partial charge in [-0.25, -0.2) is 13.2 Å². The molecule has 0 aliphatic rings. The van der Waals surface area contributed by atoms with Crippen molar-refractivity contribution in [1.29, 1.82) is 0 Å². The van der Waals surface area contributed by atoms with E-state index in [9.17, 15) is 23.1 Å². The van der Waals surface area contributed by atoms with Crippen LogP contribution < -0.4 is 9.47 Å². The summed E-state index contributed by atoms with van der Waals surface area (Å²) in [5, 5.41) is 9.90. The van der Waals surface area contributed by atoms with E-state index in [1.54, 1.807) is 73.7 Å². The monoisotopic (exact) mass is 580 g/mol. The zero-order valence-electron chi connectivity index (χ0n) is 23.5. The minimum atomic E-state index is -3.93. The van der Waals surface area contributed by atoms with Crippen molar-refractivity contribution >= 4 is 21.8 Å². The lowest BCUT2D eigenvalue weighted by Gasteiger charge is -2.21. The van der Waals surface area contributed by atoms with Gasteiger partial charge in [0.1, 0.15) is 5.25 Å². The van der Waals surface area contributed by atoms with Crippen molar-refractivity contribution in [3.05, 3.63) is 102 Å². The van der Waals surface area contributed by atoms with Gasteiger partial charge in [-0.3, -0.25) is 4.79 Å². The minimum Gasteiger partial charge on any atom is -0.493 e. The second-order valence-electron chi connectivity index (χ2n) is 9.44. The number of rotatable bonds is 14. The van der Waals surface area contributed by atoms with E-state index in [-0.39, 0.29) is 42.5 Å². The van der Waals surface area contributed by atoms with Crippen molar-refractivity contribution in [2.75, 3.05) is 13.7 Å². The van der Waals surface area contributed by atoms with Gasteiger partial charge in [-0.05, 0) is 75.1 Å². The fourth-order valence-corrected chi connectivity index (χ4v) is 5.85. The first-order valence-corrected chi connectivity index (χ1v) is 15.0. The van der Waals surface area contributed by atoms with E-state index in [1.165, 1.54) is 25.3 Å². The predicted octanol–water partition coefficient (Wildman–Crippen LogP) is 5.26. The molecule has 0 fully saturated rings. The highest BCUT2D eigenvalue weighted by atomic mass is 32.2. The van der Waals surface area contributed by atoms with Crippen LogP contribution in [0.5, 0.6) is 11.5 Å². The van der Waals surface area contributed by atoms with Crippen molar-refractivity contribution in [2.24, 2.45) is 0 Å². The summed E-state index contributed by atoms with van der Waals surface area (Å²) in [4.78, 5) is 24.2. The molecule has 0 saturated heterocycles. The van der Waals surface area contributed by atoms with Gasteiger partial charge in [0.05, 0.1) is 30.3 Å². The number of aryl methyl sites for hydroxylation is 2. The van der Waals surface area contributed by atoms with Crippen LogP contribution in [0.25, 0.3) is 0 Å². The molecular formula is C32H36O8S. The number of allylic oxidation sites excluding steroid dienone is 1. The number of aliphatic hydroxyl groups is 1. The van der Waals surface area contributed by atoms with Crippen LogP contribution in [0, 0.1) is 6.92 Å². The molecule has 0 aromatic heterocycles. The molecule has 218 valence electrons. The zero-order valence-corrected chi connectivity index (χ0v) is 24.3. The largest absolute Gasteiger partial charge is 0.493 e. The summed E-state index contributed by atoms with van der Waals surface area (Å²) in [5.41, 5.74) is 2.08. The average molecular weight is 581 g/mol. The maximum Gasteiger partial charge on any atom is 0.343 e. The van der Waals surface area contributed by atoms with E-state index >= 15 is 0 Å². The highest BCUT2D eigenvalue weighted by Gasteiger charge is 2.31. The maximum atomic E-state index is 13.5. The molecule has 0 amide bonds. The molecule has 3 rings (SSSR count). The van der Waals surface area contributed by atoms with Crippen molar-refractivity contribution in [1.82, 2.24) is 0 Å². The molecule has 0 bridgehead atoms. The smallest absolute Gasteiger partial charge is 0.343 e. The number of benzene rings is 3. The highest BCUT2D eigenvalue weighted by Crippen LogP contribution is 2.30. The average Bonchev–Trinajstić information content (AvgIpc) is 2.97. The number of aliphatic hydroxyl groups excluding tert-OH is 1. The van der Waals surface area contributed by atoms with E-state index in [0.717, 1.165) is 11.1 Å². The molecule has 0 saturated carbocycles. The summed E-state index contributed by atoms with van der Waals surface area (Å²) in [6, 6.07) is 20.1. The quantitative estimate of drug-likeness (QED) is 0.156. The van der Waals surface area contributed by atoms with Crippen LogP contribution in [0.3, 0.4) is 0 Å². The van der Waals surface area contributed by atoms with Gasteiger partial charge in [-0.2, -0.15) is 0 Å². The van der Waals surface area contributed by atoms with Crippen LogP contribution >= 0.6 is 0 Å². The summed E-state index contributed by atoms with van der Waals surface area (Å²) in [7, 11) is -2.47. The molecule has 9 heteroatoms. The van der Waals surface area contributed by atoms with E-state index in [0.29, 0.717) is 17.7 Å². The number of hydrogen-bond donors (Lipinski definition) is 1. The summed E-state index contributed by atoms with van der Waals surface area (Å²) in [6.07, 6.45) is 2.67. The minimum absolute atomic E-state index is 0.105. The van der Waals surface area contributed by atoms with Gasteiger partial charge in [0.2, 0.25) is 0 Å². The molecule has 0 aliphatic heterocycles. The number of methoxy groups -OCH3 is 1. The third kappa shape index (κ3) is 9.03. The Bertz CT molecular complexity index is 1430. The molecule has 2 unspecified atom stereocenters. The van der Waals surface area contributed by atoms with Gasteiger partial charge in [-0.15, -0.1) is 0 Å². The predicted molar refractivity (Wildman–Crippen MR) is 156 cm³/mol. The Kier molecular flexibility index (Phi) is 11.7. The van der Waals surface area contributed by atoms with Gasteiger partial charge in [-0.1, -0.05) is 54.1 Å². The lowest BCUT2D eigenvalue weighted by Crippen LogP contribution is -2.33. The Hall–Kier alpha value is -3.95. The Morgan fingerprint density at radius 2 is 1.68 bits per heavy atom. The number of hydrogen-bond acceptors (Lipinski definition) is 8. The highest BCUT2D eigenvalue weighted by molar-refractivity contribution is 7.92. The van der Waals surface area contributed by atoms with Crippen LogP contribution in [0.4, 0.5) is 0 Å². The molecule has 0 spiro atoms. The molecule has 3 aromatic carbocycles. The van der Waals surface area contributed by atoms with Gasteiger partial charge in [0.15, 0.2) is 21.3 Å². The third-order valence-electron chi connectivity index (χ3n) is 6.40. The molecule has 8 nitrogen and oxygen atoms in total. The Labute approximate surface area is 241 Å². The standard InChI is InChI=1S/C32H36O8S/c1-4-39-31(34)13-9-8-12-30(41(36,37)26-18-14-23(2)15-19-26)27(33)20-16-24-17-21-28(29(22-24)38-3)40-32(35)25-10-6-5-7-11-25/h5-8,10-12,14-15,17-19,21-22,27,30,33H,4,9,13,16,20H2,1-3H3. The van der Waals surface area contributed by atoms with Crippen molar-refractivity contribution < 1.29 is 37.3 Å².